The van der Waals surface area contributed by atoms with Crippen molar-refractivity contribution in [2.75, 3.05) is 19.8 Å². The molecule has 0 aromatic rings. The average molecular weight is 226 g/mol. The third kappa shape index (κ3) is 5.28. The lowest BCUT2D eigenvalue weighted by Gasteiger charge is -2.23. The first-order chi connectivity index (χ1) is 7.72. The summed E-state index contributed by atoms with van der Waals surface area (Å²) < 4.78 is 5.23. The Bertz CT molecular complexity index is 225. The zero-order valence-corrected chi connectivity index (χ0v) is 10.00. The van der Waals surface area contributed by atoms with Crippen LogP contribution < -0.4 is 10.6 Å². The van der Waals surface area contributed by atoms with Gasteiger partial charge >= 0.3 is 0 Å². The van der Waals surface area contributed by atoms with Gasteiger partial charge in [0.15, 0.2) is 0 Å². The van der Waals surface area contributed by atoms with Gasteiger partial charge < -0.3 is 15.4 Å². The number of amides is 1. The number of ether oxygens (including phenoxy) is 1. The average Bonchev–Trinajstić information content (AvgIpc) is 2.28. The van der Waals surface area contributed by atoms with Gasteiger partial charge in [0.1, 0.15) is 0 Å². The highest BCUT2D eigenvalue weighted by Gasteiger charge is 2.15. The fraction of sp³-hybridized carbons (Fsp3) is 0.750. The Morgan fingerprint density at radius 2 is 2.25 bits per heavy atom. The number of hydrogen-bond acceptors (Lipinski definition) is 3. The van der Waals surface area contributed by atoms with Crippen molar-refractivity contribution in [1.29, 1.82) is 0 Å². The minimum atomic E-state index is 0.0720. The molecule has 1 atom stereocenters. The van der Waals surface area contributed by atoms with Gasteiger partial charge in [0.25, 0.3) is 0 Å². The minimum Gasteiger partial charge on any atom is -0.381 e. The molecular weight excluding hydrogens is 204 g/mol. The molecule has 1 heterocycles. The lowest BCUT2D eigenvalue weighted by Crippen LogP contribution is -2.44. The molecule has 1 aliphatic rings. The second kappa shape index (κ2) is 7.41. The SMILES string of the molecule is C=CCC(C)NCC(=O)NC1CCOCC1. The molecular formula is C12H22N2O2. The number of hydrogen-bond donors (Lipinski definition) is 2. The van der Waals surface area contributed by atoms with Crippen molar-refractivity contribution in [3.63, 3.8) is 0 Å². The maximum Gasteiger partial charge on any atom is 0.234 e. The quantitative estimate of drug-likeness (QED) is 0.660. The Labute approximate surface area is 97.4 Å². The molecule has 1 rings (SSSR count). The van der Waals surface area contributed by atoms with Gasteiger partial charge in [0.2, 0.25) is 5.91 Å². The van der Waals surface area contributed by atoms with Crippen molar-refractivity contribution in [3.8, 4) is 0 Å². The maximum absolute atomic E-state index is 11.6. The Hall–Kier alpha value is -0.870. The molecule has 2 N–H and O–H groups in total. The lowest BCUT2D eigenvalue weighted by molar-refractivity contribution is -0.121. The molecule has 1 unspecified atom stereocenters. The molecule has 0 bridgehead atoms. The van der Waals surface area contributed by atoms with Gasteiger partial charge in [-0.3, -0.25) is 4.79 Å². The maximum atomic E-state index is 11.6. The summed E-state index contributed by atoms with van der Waals surface area (Å²) in [5.74, 6) is 0.0720. The first-order valence-electron chi connectivity index (χ1n) is 5.93. The van der Waals surface area contributed by atoms with Crippen LogP contribution in [0.5, 0.6) is 0 Å². The summed E-state index contributed by atoms with van der Waals surface area (Å²) in [6.45, 7) is 7.60. The van der Waals surface area contributed by atoms with Gasteiger partial charge in [-0.1, -0.05) is 6.08 Å². The van der Waals surface area contributed by atoms with Crippen LogP contribution in [0.15, 0.2) is 12.7 Å². The van der Waals surface area contributed by atoms with Crippen molar-refractivity contribution in [2.45, 2.75) is 38.3 Å². The highest BCUT2D eigenvalue weighted by atomic mass is 16.5. The molecule has 0 radical (unpaired) electrons. The van der Waals surface area contributed by atoms with E-state index in [0.717, 1.165) is 32.5 Å². The molecule has 0 aliphatic carbocycles. The van der Waals surface area contributed by atoms with Crippen molar-refractivity contribution in [3.05, 3.63) is 12.7 Å². The first kappa shape index (κ1) is 13.2. The van der Waals surface area contributed by atoms with E-state index in [1.807, 2.05) is 13.0 Å². The normalized spacial score (nSPS) is 19.1. The first-order valence-corrected chi connectivity index (χ1v) is 5.93. The smallest absolute Gasteiger partial charge is 0.234 e. The van der Waals surface area contributed by atoms with Gasteiger partial charge in [-0.05, 0) is 26.2 Å². The number of nitrogens with one attached hydrogen (secondary N) is 2. The summed E-state index contributed by atoms with van der Waals surface area (Å²) in [6.07, 6.45) is 4.58. The molecule has 4 nitrogen and oxygen atoms in total. The van der Waals surface area contributed by atoms with E-state index in [2.05, 4.69) is 17.2 Å². The third-order valence-corrected chi connectivity index (χ3v) is 2.72. The van der Waals surface area contributed by atoms with Crippen molar-refractivity contribution >= 4 is 5.91 Å². The summed E-state index contributed by atoms with van der Waals surface area (Å²) >= 11 is 0. The van der Waals surface area contributed by atoms with Crippen LogP contribution in [0.2, 0.25) is 0 Å². The summed E-state index contributed by atoms with van der Waals surface area (Å²) in [4.78, 5) is 11.6. The van der Waals surface area contributed by atoms with Crippen LogP contribution in [-0.2, 0) is 9.53 Å². The van der Waals surface area contributed by atoms with Gasteiger partial charge in [0, 0.05) is 25.3 Å². The molecule has 92 valence electrons. The fourth-order valence-electron chi connectivity index (χ4n) is 1.72. The monoisotopic (exact) mass is 226 g/mol. The molecule has 1 aliphatic heterocycles. The molecule has 0 aromatic carbocycles. The Kier molecular flexibility index (Phi) is 6.11. The van der Waals surface area contributed by atoms with Gasteiger partial charge in [0.05, 0.1) is 6.54 Å². The fourth-order valence-corrected chi connectivity index (χ4v) is 1.72. The van der Waals surface area contributed by atoms with Crippen molar-refractivity contribution in [1.82, 2.24) is 10.6 Å². The van der Waals surface area contributed by atoms with E-state index in [4.69, 9.17) is 4.74 Å². The highest BCUT2D eigenvalue weighted by molar-refractivity contribution is 5.78. The van der Waals surface area contributed by atoms with Crippen LogP contribution in [0, 0.1) is 0 Å². The molecule has 0 aromatic heterocycles. The molecule has 4 heteroatoms. The van der Waals surface area contributed by atoms with Crippen LogP contribution in [0.3, 0.4) is 0 Å². The summed E-state index contributed by atoms with van der Waals surface area (Å²) in [7, 11) is 0. The van der Waals surface area contributed by atoms with Crippen LogP contribution in [0.4, 0.5) is 0 Å². The summed E-state index contributed by atoms with van der Waals surface area (Å²) in [5, 5.41) is 6.17. The van der Waals surface area contributed by atoms with E-state index in [9.17, 15) is 4.79 Å². The Morgan fingerprint density at radius 1 is 1.56 bits per heavy atom. The third-order valence-electron chi connectivity index (χ3n) is 2.72. The Balaban J connectivity index is 2.12. The van der Waals surface area contributed by atoms with Crippen LogP contribution in [0.1, 0.15) is 26.2 Å². The molecule has 0 saturated carbocycles. The van der Waals surface area contributed by atoms with Gasteiger partial charge in [-0.25, -0.2) is 0 Å². The topological polar surface area (TPSA) is 50.4 Å². The zero-order chi connectivity index (χ0) is 11.8. The van der Waals surface area contributed by atoms with E-state index in [0.29, 0.717) is 12.6 Å². The molecule has 1 fully saturated rings. The van der Waals surface area contributed by atoms with E-state index < -0.39 is 0 Å². The predicted molar refractivity (Wildman–Crippen MR) is 64.3 cm³/mol. The van der Waals surface area contributed by atoms with E-state index in [1.54, 1.807) is 0 Å². The van der Waals surface area contributed by atoms with E-state index in [-0.39, 0.29) is 11.9 Å². The largest absolute Gasteiger partial charge is 0.381 e. The number of rotatable bonds is 6. The summed E-state index contributed by atoms with van der Waals surface area (Å²) in [6, 6.07) is 0.593. The standard InChI is InChI=1S/C12H22N2O2/c1-3-4-10(2)13-9-12(15)14-11-5-7-16-8-6-11/h3,10-11,13H,1,4-9H2,2H3,(H,14,15). The minimum absolute atomic E-state index is 0.0720. The molecule has 0 spiro atoms. The second-order valence-electron chi connectivity index (χ2n) is 4.26. The molecule has 1 saturated heterocycles. The molecule has 16 heavy (non-hydrogen) atoms. The highest BCUT2D eigenvalue weighted by Crippen LogP contribution is 2.05. The van der Waals surface area contributed by atoms with Crippen LogP contribution >= 0.6 is 0 Å². The van der Waals surface area contributed by atoms with E-state index >= 15 is 0 Å². The number of carbonyl (C=O) groups excluding carboxylic acids is 1. The van der Waals surface area contributed by atoms with E-state index in [1.165, 1.54) is 0 Å². The summed E-state index contributed by atoms with van der Waals surface area (Å²) in [5.41, 5.74) is 0. The number of carbonyl (C=O) groups is 1. The van der Waals surface area contributed by atoms with Crippen LogP contribution in [-0.4, -0.2) is 37.7 Å². The Morgan fingerprint density at radius 3 is 2.88 bits per heavy atom. The predicted octanol–water partition coefficient (Wildman–Crippen LogP) is 0.836. The van der Waals surface area contributed by atoms with Gasteiger partial charge in [-0.2, -0.15) is 0 Å². The van der Waals surface area contributed by atoms with Crippen LogP contribution in [0.25, 0.3) is 0 Å². The second-order valence-corrected chi connectivity index (χ2v) is 4.26. The van der Waals surface area contributed by atoms with Crippen molar-refractivity contribution < 1.29 is 9.53 Å². The lowest BCUT2D eigenvalue weighted by atomic mass is 10.1. The van der Waals surface area contributed by atoms with Gasteiger partial charge in [-0.15, -0.1) is 6.58 Å². The molecule has 1 amide bonds. The zero-order valence-electron chi connectivity index (χ0n) is 10.00. The van der Waals surface area contributed by atoms with Crippen molar-refractivity contribution in [2.24, 2.45) is 0 Å².